The second-order valence-corrected chi connectivity index (χ2v) is 7.59. The van der Waals surface area contributed by atoms with Crippen molar-refractivity contribution < 1.29 is 19.0 Å². The third-order valence-electron chi connectivity index (χ3n) is 5.76. The van der Waals surface area contributed by atoms with Gasteiger partial charge in [-0.3, -0.25) is 14.8 Å². The van der Waals surface area contributed by atoms with Crippen LogP contribution in [0.1, 0.15) is 21.6 Å². The summed E-state index contributed by atoms with van der Waals surface area (Å²) < 4.78 is 17.3. The number of aromatic nitrogens is 2. The largest absolute Gasteiger partial charge is 0.493 e. The fourth-order valence-electron chi connectivity index (χ4n) is 4.18. The van der Waals surface area contributed by atoms with Crippen LogP contribution in [-0.4, -0.2) is 61.3 Å². The number of H-pyrrole nitrogens is 1. The molecule has 1 saturated heterocycles. The molecule has 5 rings (SSSR count). The number of hydrogen-bond donors (Lipinski definition) is 2. The molecule has 0 spiro atoms. The number of fused-ring (bicyclic) bond motifs is 2. The topological polar surface area (TPSA) is 88.7 Å². The quantitative estimate of drug-likeness (QED) is 0.614. The number of nitrogens with zero attached hydrogens (tertiary/aromatic N) is 2. The van der Waals surface area contributed by atoms with Gasteiger partial charge in [0.2, 0.25) is 5.78 Å². The number of ether oxygens (including phenoxy) is 3. The smallest absolute Gasteiger partial charge is 0.232 e. The van der Waals surface area contributed by atoms with Crippen LogP contribution in [0.2, 0.25) is 0 Å². The van der Waals surface area contributed by atoms with Crippen molar-refractivity contribution in [3.63, 3.8) is 0 Å². The van der Waals surface area contributed by atoms with E-state index < -0.39 is 0 Å². The minimum absolute atomic E-state index is 0.190. The lowest BCUT2D eigenvalue weighted by atomic mass is 10.0. The molecular formula is C23H24N4O4. The van der Waals surface area contributed by atoms with Crippen LogP contribution in [0.15, 0.2) is 36.1 Å². The monoisotopic (exact) mass is 420 g/mol. The van der Waals surface area contributed by atoms with Gasteiger partial charge in [-0.2, -0.15) is 5.10 Å². The summed E-state index contributed by atoms with van der Waals surface area (Å²) in [4.78, 5) is 15.5. The van der Waals surface area contributed by atoms with Gasteiger partial charge in [-0.1, -0.05) is 18.2 Å². The summed E-state index contributed by atoms with van der Waals surface area (Å²) in [5.41, 5.74) is 2.87. The molecule has 160 valence electrons. The van der Waals surface area contributed by atoms with Crippen molar-refractivity contribution in [1.29, 1.82) is 0 Å². The number of rotatable bonds is 5. The van der Waals surface area contributed by atoms with Crippen molar-refractivity contribution in [3.8, 4) is 17.2 Å². The maximum absolute atomic E-state index is 13.2. The van der Waals surface area contributed by atoms with Crippen LogP contribution < -0.4 is 19.5 Å². The van der Waals surface area contributed by atoms with E-state index in [1.54, 1.807) is 26.4 Å². The first-order chi connectivity index (χ1) is 15.2. The zero-order chi connectivity index (χ0) is 21.4. The summed E-state index contributed by atoms with van der Waals surface area (Å²) in [7, 11) is 3.18. The Hall–Kier alpha value is -3.36. The number of aromatic amines is 1. The molecule has 0 unspecified atom stereocenters. The summed E-state index contributed by atoms with van der Waals surface area (Å²) in [5, 5.41) is 11.6. The molecule has 8 nitrogen and oxygen atoms in total. The number of hydrogen-bond acceptors (Lipinski definition) is 7. The maximum atomic E-state index is 13.2. The molecule has 0 bridgehead atoms. The lowest BCUT2D eigenvalue weighted by Crippen LogP contribution is -2.43. The van der Waals surface area contributed by atoms with Crippen molar-refractivity contribution in [3.05, 3.63) is 52.9 Å². The van der Waals surface area contributed by atoms with Gasteiger partial charge in [0.25, 0.3) is 0 Å². The number of Topliss-reactive ketones (excluding diaryl/α,β-unsaturated/α-hetero) is 1. The second-order valence-electron chi connectivity index (χ2n) is 7.59. The molecule has 0 radical (unpaired) electrons. The summed E-state index contributed by atoms with van der Waals surface area (Å²) in [6.45, 7) is 4.27. The first-order valence-corrected chi connectivity index (χ1v) is 10.3. The van der Waals surface area contributed by atoms with Crippen LogP contribution in [0, 0.1) is 0 Å². The fourth-order valence-corrected chi connectivity index (χ4v) is 4.18. The number of para-hydroxylation sites is 1. The van der Waals surface area contributed by atoms with E-state index in [0.717, 1.165) is 42.6 Å². The number of ketones is 1. The highest BCUT2D eigenvalue weighted by Gasteiger charge is 2.34. The lowest BCUT2D eigenvalue weighted by Gasteiger charge is -2.28. The summed E-state index contributed by atoms with van der Waals surface area (Å²) in [6, 6.07) is 9.47. The van der Waals surface area contributed by atoms with Crippen LogP contribution in [0.25, 0.3) is 17.0 Å². The van der Waals surface area contributed by atoms with Gasteiger partial charge < -0.3 is 19.5 Å². The van der Waals surface area contributed by atoms with Crippen LogP contribution in [0.4, 0.5) is 0 Å². The van der Waals surface area contributed by atoms with Crippen LogP contribution in [0.5, 0.6) is 17.2 Å². The van der Waals surface area contributed by atoms with Crippen LogP contribution in [0.3, 0.4) is 0 Å². The van der Waals surface area contributed by atoms with Gasteiger partial charge in [-0.05, 0) is 12.1 Å². The van der Waals surface area contributed by atoms with E-state index in [0.29, 0.717) is 35.1 Å². The number of benzene rings is 2. The normalized spacial score (nSPS) is 17.7. The summed E-state index contributed by atoms with van der Waals surface area (Å²) in [5.74, 6) is 1.70. The molecule has 3 aromatic rings. The van der Waals surface area contributed by atoms with Crippen LogP contribution in [-0.2, 0) is 6.54 Å². The number of nitrogens with one attached hydrogen (secondary N) is 2. The van der Waals surface area contributed by atoms with Crippen molar-refractivity contribution in [2.75, 3.05) is 40.4 Å². The van der Waals surface area contributed by atoms with Gasteiger partial charge in [-0.15, -0.1) is 0 Å². The van der Waals surface area contributed by atoms with Gasteiger partial charge in [0, 0.05) is 44.2 Å². The molecule has 0 atom stereocenters. The molecule has 0 amide bonds. The molecule has 31 heavy (non-hydrogen) atoms. The molecule has 2 aliphatic rings. The predicted octanol–water partition coefficient (Wildman–Crippen LogP) is 2.60. The Kier molecular flexibility index (Phi) is 5.09. The Labute approximate surface area is 179 Å². The van der Waals surface area contributed by atoms with Gasteiger partial charge in [-0.25, -0.2) is 0 Å². The number of methoxy groups -OCH3 is 2. The molecule has 1 aromatic heterocycles. The minimum atomic E-state index is -0.190. The van der Waals surface area contributed by atoms with Crippen molar-refractivity contribution >= 4 is 22.8 Å². The van der Waals surface area contributed by atoms with E-state index in [-0.39, 0.29) is 11.5 Å². The van der Waals surface area contributed by atoms with Crippen molar-refractivity contribution in [2.24, 2.45) is 0 Å². The van der Waals surface area contributed by atoms with Gasteiger partial charge in [0.15, 0.2) is 17.3 Å². The van der Waals surface area contributed by atoms with Crippen molar-refractivity contribution in [1.82, 2.24) is 20.4 Å². The average molecular weight is 420 g/mol. The highest BCUT2D eigenvalue weighted by molar-refractivity contribution is 6.15. The Morgan fingerprint density at radius 2 is 2.00 bits per heavy atom. The fraction of sp³-hybridized carbons (Fsp3) is 0.304. The van der Waals surface area contributed by atoms with Gasteiger partial charge in [0.1, 0.15) is 5.75 Å². The second kappa shape index (κ2) is 8.05. The van der Waals surface area contributed by atoms with Crippen LogP contribution >= 0.6 is 0 Å². The minimum Gasteiger partial charge on any atom is -0.493 e. The van der Waals surface area contributed by atoms with Gasteiger partial charge in [0.05, 0.1) is 36.6 Å². The molecule has 2 N–H and O–H groups in total. The highest BCUT2D eigenvalue weighted by Crippen LogP contribution is 2.46. The molecule has 0 saturated carbocycles. The molecule has 8 heteroatoms. The molecule has 0 aliphatic carbocycles. The number of carbonyl (C=O) groups is 1. The Morgan fingerprint density at radius 3 is 2.77 bits per heavy atom. The molecule has 3 heterocycles. The average Bonchev–Trinajstić information content (AvgIpc) is 3.36. The zero-order valence-electron chi connectivity index (χ0n) is 17.5. The van der Waals surface area contributed by atoms with Gasteiger partial charge >= 0.3 is 0 Å². The zero-order valence-corrected chi connectivity index (χ0v) is 17.5. The Morgan fingerprint density at radius 1 is 1.19 bits per heavy atom. The Balaban J connectivity index is 1.57. The standard InChI is InChI=1S/C23H24N4O4/c1-29-20-11-15-21(28)19(12-18-14-5-3-4-6-17(14)25-26-18)31-22(15)16(23(20)30-2)13-27-9-7-24-8-10-27/h3-6,11-12,24H,7-10,13H2,1-2H3,(H,25,26). The molecule has 1 fully saturated rings. The Bertz CT molecular complexity index is 1180. The molecule has 2 aliphatic heterocycles. The predicted molar refractivity (Wildman–Crippen MR) is 117 cm³/mol. The first kappa shape index (κ1) is 19.6. The van der Waals surface area contributed by atoms with E-state index in [4.69, 9.17) is 14.2 Å². The number of allylic oxidation sites excluding steroid dienone is 1. The number of piperazine rings is 1. The maximum Gasteiger partial charge on any atom is 0.232 e. The van der Waals surface area contributed by atoms with E-state index in [9.17, 15) is 4.79 Å². The summed E-state index contributed by atoms with van der Waals surface area (Å²) in [6.07, 6.45) is 1.69. The van der Waals surface area contributed by atoms with E-state index in [1.807, 2.05) is 24.3 Å². The van der Waals surface area contributed by atoms with E-state index >= 15 is 0 Å². The number of carbonyl (C=O) groups excluding carboxylic acids is 1. The third-order valence-corrected chi connectivity index (χ3v) is 5.76. The molecule has 2 aromatic carbocycles. The van der Waals surface area contributed by atoms with Crippen molar-refractivity contribution in [2.45, 2.75) is 6.54 Å². The van der Waals surface area contributed by atoms with E-state index in [2.05, 4.69) is 20.4 Å². The third kappa shape index (κ3) is 3.43. The summed E-state index contributed by atoms with van der Waals surface area (Å²) >= 11 is 0. The lowest BCUT2D eigenvalue weighted by molar-refractivity contribution is 0.101. The highest BCUT2D eigenvalue weighted by atomic mass is 16.5. The first-order valence-electron chi connectivity index (χ1n) is 10.3. The molecular weight excluding hydrogens is 396 g/mol. The SMILES string of the molecule is COc1cc2c(c(CN3CCNCC3)c1OC)OC(=Cc1n[nH]c3ccccc13)C2=O. The van der Waals surface area contributed by atoms with E-state index in [1.165, 1.54) is 0 Å².